The molecule has 0 aliphatic carbocycles. The van der Waals surface area contributed by atoms with Crippen LogP contribution in [0.4, 0.5) is 22.0 Å². The monoisotopic (exact) mass is 212 g/mol. The third-order valence-electron chi connectivity index (χ3n) is 0.796. The van der Waals surface area contributed by atoms with Gasteiger partial charge in [-0.25, -0.2) is 0 Å². The fraction of sp³-hybridized carbons (Fsp3) is 0.333. The molecule has 12 heavy (non-hydrogen) atoms. The molecule has 0 aliphatic rings. The van der Waals surface area contributed by atoms with E-state index in [0.717, 1.165) is 0 Å². The van der Waals surface area contributed by atoms with Gasteiger partial charge in [-0.1, -0.05) is 0 Å². The van der Waals surface area contributed by atoms with E-state index in [1.165, 1.54) is 0 Å². The highest BCUT2D eigenvalue weighted by Gasteiger charge is 2.55. The number of hydrogen-bond donors (Lipinski definition) is 2. The van der Waals surface area contributed by atoms with Crippen molar-refractivity contribution in [2.75, 3.05) is 0 Å². The molecule has 0 radical (unpaired) electrons. The fourth-order valence-corrected chi connectivity index (χ4v) is 0.582. The molecule has 2 N–H and O–H groups in total. The molecular weight excluding hydrogens is 210 g/mol. The van der Waals surface area contributed by atoms with Gasteiger partial charge in [0.15, 0.2) is 0 Å². The van der Waals surface area contributed by atoms with Crippen molar-refractivity contribution >= 4 is 7.60 Å². The summed E-state index contributed by atoms with van der Waals surface area (Å²) in [5.74, 6) is -3.41. The lowest BCUT2D eigenvalue weighted by atomic mass is 10.6. The van der Waals surface area contributed by atoms with Gasteiger partial charge in [0.2, 0.25) is 5.83 Å². The summed E-state index contributed by atoms with van der Waals surface area (Å²) in [4.78, 5) is 15.4. The second-order valence-electron chi connectivity index (χ2n) is 1.66. The Morgan fingerprint density at radius 3 is 1.58 bits per heavy atom. The Labute approximate surface area is 62.7 Å². The van der Waals surface area contributed by atoms with Crippen molar-refractivity contribution in [3.8, 4) is 0 Å². The van der Waals surface area contributed by atoms with E-state index in [4.69, 9.17) is 9.79 Å². The van der Waals surface area contributed by atoms with E-state index in [9.17, 15) is 26.5 Å². The van der Waals surface area contributed by atoms with Crippen LogP contribution in [-0.4, -0.2) is 15.5 Å². The summed E-state index contributed by atoms with van der Waals surface area (Å²) in [5, 5.41) is 0. The van der Waals surface area contributed by atoms with E-state index in [1.54, 1.807) is 0 Å². The molecule has 0 spiro atoms. The van der Waals surface area contributed by atoms with Crippen LogP contribution in [-0.2, 0) is 4.57 Å². The summed E-state index contributed by atoms with van der Waals surface area (Å²) in [6.07, 6.45) is -3.46. The predicted molar refractivity (Wildman–Crippen MR) is 27.3 cm³/mol. The molecule has 0 unspecified atom stereocenters. The van der Waals surface area contributed by atoms with Crippen molar-refractivity contribution in [3.63, 3.8) is 0 Å². The number of rotatable bonds is 2. The lowest BCUT2D eigenvalue weighted by Crippen LogP contribution is -2.17. The second kappa shape index (κ2) is 3.12. The van der Waals surface area contributed by atoms with E-state index >= 15 is 0 Å². The number of allylic oxidation sites excluding steroid dienone is 1. The zero-order valence-corrected chi connectivity index (χ0v) is 6.03. The first-order valence-electron chi connectivity index (χ1n) is 2.25. The van der Waals surface area contributed by atoms with Crippen LogP contribution in [0.25, 0.3) is 0 Å². The minimum absolute atomic E-state index is 3.41. The van der Waals surface area contributed by atoms with Gasteiger partial charge in [0.25, 0.3) is 0 Å². The summed E-state index contributed by atoms with van der Waals surface area (Å²) in [7, 11) is -6.22. The maximum atomic E-state index is 11.9. The third kappa shape index (κ3) is 2.02. The number of alkyl halides is 2. The van der Waals surface area contributed by atoms with Gasteiger partial charge in [0.05, 0.1) is 0 Å². The highest BCUT2D eigenvalue weighted by molar-refractivity contribution is 7.53. The average Bonchev–Trinajstić information content (AvgIpc) is 1.83. The smallest absolute Gasteiger partial charge is 0.320 e. The first-order valence-corrected chi connectivity index (χ1v) is 3.86. The van der Waals surface area contributed by atoms with Gasteiger partial charge in [0.1, 0.15) is 0 Å². The minimum atomic E-state index is -6.22. The SMILES string of the molecule is O=P(O)(O)C(F)(F)C(F)=C(F)F. The largest absolute Gasteiger partial charge is 0.402 e. The zero-order chi connectivity index (χ0) is 10.2. The van der Waals surface area contributed by atoms with Gasteiger partial charge < -0.3 is 9.79 Å². The Morgan fingerprint density at radius 2 is 1.50 bits per heavy atom. The highest BCUT2D eigenvalue weighted by atomic mass is 31.2. The average molecular weight is 212 g/mol. The van der Waals surface area contributed by atoms with E-state index < -0.39 is 25.2 Å². The van der Waals surface area contributed by atoms with Gasteiger partial charge in [-0.05, 0) is 0 Å². The van der Waals surface area contributed by atoms with Crippen molar-refractivity contribution in [2.45, 2.75) is 5.66 Å². The lowest BCUT2D eigenvalue weighted by Gasteiger charge is -2.13. The molecule has 72 valence electrons. The Balaban J connectivity index is 5.15. The molecule has 0 aromatic heterocycles. The third-order valence-corrected chi connectivity index (χ3v) is 1.72. The topological polar surface area (TPSA) is 57.5 Å². The van der Waals surface area contributed by atoms with Crippen molar-refractivity contribution in [1.82, 2.24) is 0 Å². The van der Waals surface area contributed by atoms with Gasteiger partial charge in [-0.3, -0.25) is 4.57 Å². The van der Waals surface area contributed by atoms with Crippen molar-refractivity contribution < 1.29 is 36.3 Å². The summed E-state index contributed by atoms with van der Waals surface area (Å²) in [6, 6.07) is 0. The van der Waals surface area contributed by atoms with Crippen LogP contribution < -0.4 is 0 Å². The molecule has 0 atom stereocenters. The molecule has 3 nitrogen and oxygen atoms in total. The zero-order valence-electron chi connectivity index (χ0n) is 5.14. The quantitative estimate of drug-likeness (QED) is 0.542. The Morgan fingerprint density at radius 1 is 1.17 bits per heavy atom. The minimum Gasteiger partial charge on any atom is -0.320 e. The molecule has 0 saturated carbocycles. The van der Waals surface area contributed by atoms with Gasteiger partial charge >= 0.3 is 19.3 Å². The van der Waals surface area contributed by atoms with Crippen LogP contribution in [0.5, 0.6) is 0 Å². The second-order valence-corrected chi connectivity index (χ2v) is 3.31. The Hall–Kier alpha value is -0.460. The van der Waals surface area contributed by atoms with Crippen LogP contribution in [0.3, 0.4) is 0 Å². The van der Waals surface area contributed by atoms with Crippen LogP contribution >= 0.6 is 7.60 Å². The molecule has 0 heterocycles. The lowest BCUT2D eigenvalue weighted by molar-refractivity contribution is 0.0640. The van der Waals surface area contributed by atoms with E-state index in [-0.39, 0.29) is 0 Å². The van der Waals surface area contributed by atoms with Crippen molar-refractivity contribution in [2.24, 2.45) is 0 Å². The molecule has 0 aliphatic heterocycles. The molecule has 9 heteroatoms. The normalized spacial score (nSPS) is 12.9. The van der Waals surface area contributed by atoms with Crippen LogP contribution in [0.1, 0.15) is 0 Å². The first kappa shape index (κ1) is 11.5. The van der Waals surface area contributed by atoms with E-state index in [2.05, 4.69) is 0 Å². The molecule has 0 fully saturated rings. The standard InChI is InChI=1S/C3H2F5O3P/c4-1(2(5)6)3(7,8)12(9,10)11/h(H2,9,10,11). The van der Waals surface area contributed by atoms with E-state index in [0.29, 0.717) is 0 Å². The Kier molecular flexibility index (Phi) is 3.00. The van der Waals surface area contributed by atoms with Crippen molar-refractivity contribution in [1.29, 1.82) is 0 Å². The predicted octanol–water partition coefficient (Wildman–Crippen LogP) is 1.83. The summed E-state index contributed by atoms with van der Waals surface area (Å²) < 4.78 is 67.5. The van der Waals surface area contributed by atoms with E-state index in [1.807, 2.05) is 0 Å². The summed E-state index contributed by atoms with van der Waals surface area (Å²) in [6.45, 7) is 0. The maximum absolute atomic E-state index is 11.9. The van der Waals surface area contributed by atoms with Gasteiger partial charge in [0, 0.05) is 0 Å². The molecule has 0 amide bonds. The van der Waals surface area contributed by atoms with Crippen LogP contribution in [0, 0.1) is 0 Å². The highest BCUT2D eigenvalue weighted by Crippen LogP contribution is 2.57. The van der Waals surface area contributed by atoms with Gasteiger partial charge in [-0.15, -0.1) is 0 Å². The summed E-state index contributed by atoms with van der Waals surface area (Å²) in [5.41, 5.74) is -5.45. The number of halogens is 5. The maximum Gasteiger partial charge on any atom is 0.402 e. The molecular formula is C3H2F5O3P. The molecule has 0 bridgehead atoms. The van der Waals surface area contributed by atoms with Crippen LogP contribution in [0.15, 0.2) is 11.9 Å². The molecule has 0 aromatic rings. The van der Waals surface area contributed by atoms with Crippen LogP contribution in [0.2, 0.25) is 0 Å². The molecule has 0 aromatic carbocycles. The summed E-state index contributed by atoms with van der Waals surface area (Å²) >= 11 is 0. The fourth-order valence-electron chi connectivity index (χ4n) is 0.242. The number of hydrogen-bond acceptors (Lipinski definition) is 1. The molecule has 0 rings (SSSR count). The Bertz CT molecular complexity index is 251. The molecule has 0 saturated heterocycles. The van der Waals surface area contributed by atoms with Crippen molar-refractivity contribution in [3.05, 3.63) is 11.9 Å². The van der Waals surface area contributed by atoms with Gasteiger partial charge in [-0.2, -0.15) is 22.0 Å². The first-order chi connectivity index (χ1) is 5.10.